The third-order valence-corrected chi connectivity index (χ3v) is 2.87. The molecule has 0 spiro atoms. The van der Waals surface area contributed by atoms with Gasteiger partial charge in [0.1, 0.15) is 5.82 Å². The topological polar surface area (TPSA) is 66.0 Å². The Morgan fingerprint density at radius 1 is 1.47 bits per heavy atom. The van der Waals surface area contributed by atoms with Crippen LogP contribution in [-0.4, -0.2) is 34.2 Å². The van der Waals surface area contributed by atoms with Crippen LogP contribution in [0.1, 0.15) is 19.2 Å². The average Bonchev–Trinajstić information content (AvgIpc) is 2.62. The van der Waals surface area contributed by atoms with Crippen molar-refractivity contribution in [1.82, 2.24) is 14.8 Å². The molecule has 0 saturated carbocycles. The first-order valence-corrected chi connectivity index (χ1v) is 6.05. The molecule has 1 rings (SSSR count). The molecule has 2 N–H and O–H groups in total. The van der Waals surface area contributed by atoms with E-state index in [9.17, 15) is 0 Å². The third kappa shape index (κ3) is 3.48. The van der Waals surface area contributed by atoms with E-state index in [4.69, 9.17) is 10.5 Å². The zero-order valence-corrected chi connectivity index (χ0v) is 10.1. The van der Waals surface area contributed by atoms with E-state index in [1.807, 2.05) is 0 Å². The van der Waals surface area contributed by atoms with Gasteiger partial charge in [0.05, 0.1) is 13.2 Å². The van der Waals surface area contributed by atoms with Crippen LogP contribution in [-0.2, 0) is 17.8 Å². The molecule has 0 aliphatic rings. The lowest BCUT2D eigenvalue weighted by Crippen LogP contribution is -2.09. The van der Waals surface area contributed by atoms with E-state index in [-0.39, 0.29) is 0 Å². The lowest BCUT2D eigenvalue weighted by molar-refractivity contribution is 0.218. The Hall–Kier alpha value is -0.590. The highest BCUT2D eigenvalue weighted by Gasteiger charge is 2.09. The fourth-order valence-electron chi connectivity index (χ4n) is 1.24. The van der Waals surface area contributed by atoms with Crippen molar-refractivity contribution in [2.24, 2.45) is 5.73 Å². The van der Waals surface area contributed by atoms with Crippen molar-refractivity contribution in [1.29, 1.82) is 0 Å². The number of methoxy groups -OCH3 is 1. The minimum atomic E-state index is 0.442. The molecule has 6 heteroatoms. The molecule has 0 aromatic carbocycles. The largest absolute Gasteiger partial charge is 0.384 e. The maximum Gasteiger partial charge on any atom is 0.191 e. The molecule has 0 radical (unpaired) electrons. The Balaban J connectivity index is 2.64. The fraction of sp³-hybridized carbons (Fsp3) is 0.778. The number of hydrogen-bond donors (Lipinski definition) is 1. The third-order valence-electron chi connectivity index (χ3n) is 1.94. The summed E-state index contributed by atoms with van der Waals surface area (Å²) in [5.41, 5.74) is 5.59. The predicted molar refractivity (Wildman–Crippen MR) is 60.8 cm³/mol. The van der Waals surface area contributed by atoms with Gasteiger partial charge >= 0.3 is 0 Å². The summed E-state index contributed by atoms with van der Waals surface area (Å²) in [4.78, 5) is 0. The molecular weight excluding hydrogens is 212 g/mol. The smallest absolute Gasteiger partial charge is 0.191 e. The van der Waals surface area contributed by atoms with Crippen LogP contribution >= 0.6 is 11.8 Å². The predicted octanol–water partition coefficient (Wildman–Crippen LogP) is 0.885. The van der Waals surface area contributed by atoms with Gasteiger partial charge in [0.15, 0.2) is 5.16 Å². The zero-order valence-electron chi connectivity index (χ0n) is 9.27. The van der Waals surface area contributed by atoms with Crippen LogP contribution < -0.4 is 5.73 Å². The van der Waals surface area contributed by atoms with Gasteiger partial charge in [0.2, 0.25) is 0 Å². The quantitative estimate of drug-likeness (QED) is 0.556. The molecule has 5 nitrogen and oxygen atoms in total. The van der Waals surface area contributed by atoms with Crippen molar-refractivity contribution >= 4 is 11.8 Å². The molecule has 0 bridgehead atoms. The summed E-state index contributed by atoms with van der Waals surface area (Å²) in [6, 6.07) is 0. The Labute approximate surface area is 94.4 Å². The molecular formula is C9H18N4OS. The highest BCUT2D eigenvalue weighted by atomic mass is 32.2. The highest BCUT2D eigenvalue weighted by molar-refractivity contribution is 7.99. The van der Waals surface area contributed by atoms with Gasteiger partial charge < -0.3 is 15.0 Å². The van der Waals surface area contributed by atoms with Gasteiger partial charge in [-0.15, -0.1) is 10.2 Å². The van der Waals surface area contributed by atoms with Crippen LogP contribution in [0.2, 0.25) is 0 Å². The van der Waals surface area contributed by atoms with Crippen LogP contribution in [0, 0.1) is 0 Å². The van der Waals surface area contributed by atoms with E-state index in [0.717, 1.165) is 36.3 Å². The molecule has 0 fully saturated rings. The molecule has 0 aliphatic carbocycles. The summed E-state index contributed by atoms with van der Waals surface area (Å²) in [5.74, 6) is 1.75. The molecule has 1 heterocycles. The van der Waals surface area contributed by atoms with Crippen LogP contribution in [0.4, 0.5) is 0 Å². The van der Waals surface area contributed by atoms with Crippen molar-refractivity contribution in [2.45, 2.75) is 31.6 Å². The molecule has 1 aromatic heterocycles. The van der Waals surface area contributed by atoms with Gasteiger partial charge in [0, 0.05) is 19.4 Å². The van der Waals surface area contributed by atoms with E-state index in [2.05, 4.69) is 21.7 Å². The number of ether oxygens (including phenoxy) is 1. The maximum atomic E-state index is 5.59. The molecule has 1 aromatic rings. The van der Waals surface area contributed by atoms with Crippen LogP contribution in [0.25, 0.3) is 0 Å². The van der Waals surface area contributed by atoms with Gasteiger partial charge in [-0.2, -0.15) is 0 Å². The van der Waals surface area contributed by atoms with Crippen molar-refractivity contribution in [3.63, 3.8) is 0 Å². The number of thioether (sulfide) groups is 1. The normalized spacial score (nSPS) is 10.9. The zero-order chi connectivity index (χ0) is 11.1. The van der Waals surface area contributed by atoms with Gasteiger partial charge in [0.25, 0.3) is 0 Å². The lowest BCUT2D eigenvalue weighted by Gasteiger charge is -2.06. The molecule has 0 saturated heterocycles. The van der Waals surface area contributed by atoms with E-state index in [0.29, 0.717) is 6.54 Å². The standard InChI is InChI=1S/C9H18N4OS/c1-3-4-13-8(7-10)11-12-9(13)15-6-5-14-2/h3-7,10H2,1-2H3. The fourth-order valence-corrected chi connectivity index (χ4v) is 2.12. The first kappa shape index (κ1) is 12.5. The molecule has 0 aliphatic heterocycles. The Morgan fingerprint density at radius 3 is 2.87 bits per heavy atom. The summed E-state index contributed by atoms with van der Waals surface area (Å²) in [6.07, 6.45) is 1.06. The Kier molecular flexibility index (Phi) is 5.67. The summed E-state index contributed by atoms with van der Waals surface area (Å²) in [6.45, 7) is 4.22. The van der Waals surface area contributed by atoms with Gasteiger partial charge in [-0.05, 0) is 6.42 Å². The minimum Gasteiger partial charge on any atom is -0.384 e. The van der Waals surface area contributed by atoms with Crippen molar-refractivity contribution in [3.8, 4) is 0 Å². The lowest BCUT2D eigenvalue weighted by atomic mass is 10.4. The van der Waals surface area contributed by atoms with Crippen LogP contribution in [0.15, 0.2) is 5.16 Å². The highest BCUT2D eigenvalue weighted by Crippen LogP contribution is 2.16. The van der Waals surface area contributed by atoms with Crippen LogP contribution in [0.5, 0.6) is 0 Å². The first-order valence-electron chi connectivity index (χ1n) is 5.07. The van der Waals surface area contributed by atoms with Gasteiger partial charge in [-0.25, -0.2) is 0 Å². The molecule has 86 valence electrons. The van der Waals surface area contributed by atoms with E-state index in [1.165, 1.54) is 0 Å². The molecule has 0 amide bonds. The van der Waals surface area contributed by atoms with E-state index < -0.39 is 0 Å². The van der Waals surface area contributed by atoms with E-state index >= 15 is 0 Å². The van der Waals surface area contributed by atoms with Crippen molar-refractivity contribution < 1.29 is 4.74 Å². The summed E-state index contributed by atoms with van der Waals surface area (Å²) in [7, 11) is 1.70. The maximum absolute atomic E-state index is 5.59. The van der Waals surface area contributed by atoms with Crippen molar-refractivity contribution in [3.05, 3.63) is 5.82 Å². The molecule has 15 heavy (non-hydrogen) atoms. The van der Waals surface area contributed by atoms with Crippen molar-refractivity contribution in [2.75, 3.05) is 19.5 Å². The first-order chi connectivity index (χ1) is 7.33. The number of nitrogens with zero attached hydrogens (tertiary/aromatic N) is 3. The Morgan fingerprint density at radius 2 is 2.27 bits per heavy atom. The second kappa shape index (κ2) is 6.81. The minimum absolute atomic E-state index is 0.442. The van der Waals surface area contributed by atoms with Crippen LogP contribution in [0.3, 0.4) is 0 Å². The van der Waals surface area contributed by atoms with Gasteiger partial charge in [-0.1, -0.05) is 18.7 Å². The second-order valence-corrected chi connectivity index (χ2v) is 4.16. The molecule has 0 atom stereocenters. The average molecular weight is 230 g/mol. The summed E-state index contributed by atoms with van der Waals surface area (Å²) >= 11 is 1.66. The number of rotatable bonds is 7. The number of aromatic nitrogens is 3. The SMILES string of the molecule is CCCn1c(CN)nnc1SCCOC. The summed E-state index contributed by atoms with van der Waals surface area (Å²) in [5, 5.41) is 9.12. The number of nitrogens with two attached hydrogens (primary N) is 1. The second-order valence-electron chi connectivity index (χ2n) is 3.10. The van der Waals surface area contributed by atoms with Gasteiger partial charge in [-0.3, -0.25) is 0 Å². The monoisotopic (exact) mass is 230 g/mol. The Bertz CT molecular complexity index is 290. The number of hydrogen-bond acceptors (Lipinski definition) is 5. The summed E-state index contributed by atoms with van der Waals surface area (Å²) < 4.78 is 7.08. The molecule has 0 unspecified atom stereocenters. The van der Waals surface area contributed by atoms with E-state index in [1.54, 1.807) is 18.9 Å².